The maximum absolute atomic E-state index is 13.3. The molecule has 1 saturated carbocycles. The molecule has 0 radical (unpaired) electrons. The van der Waals surface area contributed by atoms with Crippen molar-refractivity contribution < 1.29 is 23.8 Å². The van der Waals surface area contributed by atoms with E-state index in [0.29, 0.717) is 46.2 Å². The van der Waals surface area contributed by atoms with Crippen molar-refractivity contribution >= 4 is 11.9 Å². The smallest absolute Gasteiger partial charge is 0.336 e. The van der Waals surface area contributed by atoms with Gasteiger partial charge in [0.15, 0.2) is 0 Å². The lowest BCUT2D eigenvalue weighted by molar-refractivity contribution is -0.141. The average Bonchev–Trinajstić information content (AvgIpc) is 3.31. The second-order valence-corrected chi connectivity index (χ2v) is 8.25. The van der Waals surface area contributed by atoms with Crippen LogP contribution >= 0.6 is 0 Å². The number of methoxy groups -OCH3 is 1. The van der Waals surface area contributed by atoms with Crippen LogP contribution in [0.2, 0.25) is 0 Å². The molecule has 1 aromatic carbocycles. The van der Waals surface area contributed by atoms with Crippen molar-refractivity contribution in [1.29, 1.82) is 5.26 Å². The van der Waals surface area contributed by atoms with Crippen molar-refractivity contribution in [2.45, 2.75) is 45.4 Å². The highest BCUT2D eigenvalue weighted by molar-refractivity contribution is 5.99. The van der Waals surface area contributed by atoms with Gasteiger partial charge in [-0.25, -0.2) is 9.59 Å². The summed E-state index contributed by atoms with van der Waals surface area (Å²) in [6.07, 6.45) is 4.45. The number of allylic oxidation sites excluding steroid dienone is 2. The first-order chi connectivity index (χ1) is 15.5. The van der Waals surface area contributed by atoms with Crippen LogP contribution in [0.25, 0.3) is 0 Å². The number of rotatable bonds is 8. The van der Waals surface area contributed by atoms with E-state index < -0.39 is 17.9 Å². The van der Waals surface area contributed by atoms with Crippen molar-refractivity contribution in [3.63, 3.8) is 0 Å². The predicted molar refractivity (Wildman–Crippen MR) is 118 cm³/mol. The molecule has 1 aliphatic heterocycles. The van der Waals surface area contributed by atoms with E-state index >= 15 is 0 Å². The van der Waals surface area contributed by atoms with Crippen molar-refractivity contribution in [3.05, 3.63) is 57.9 Å². The molecule has 1 aromatic rings. The minimum atomic E-state index is -0.698. The summed E-state index contributed by atoms with van der Waals surface area (Å²) in [6, 6.07) is 9.06. The fraction of sp³-hybridized carbons (Fsp3) is 0.480. The third-order valence-electron chi connectivity index (χ3n) is 5.99. The molecule has 0 spiro atoms. The molecule has 1 unspecified atom stereocenters. The zero-order valence-corrected chi connectivity index (χ0v) is 18.9. The van der Waals surface area contributed by atoms with Crippen LogP contribution < -0.4 is 5.32 Å². The molecule has 170 valence electrons. The van der Waals surface area contributed by atoms with Crippen LogP contribution in [-0.2, 0) is 23.8 Å². The molecule has 1 aliphatic carbocycles. The number of dihydropyridines is 1. The lowest BCUT2D eigenvalue weighted by atomic mass is 9.80. The van der Waals surface area contributed by atoms with Crippen molar-refractivity contribution in [1.82, 2.24) is 5.32 Å². The fourth-order valence-corrected chi connectivity index (χ4v) is 4.40. The first kappa shape index (κ1) is 23.6. The van der Waals surface area contributed by atoms with Gasteiger partial charge in [-0.15, -0.1) is 0 Å². The molecule has 0 aromatic heterocycles. The maximum Gasteiger partial charge on any atom is 0.336 e. The number of hydrogen-bond donors (Lipinski definition) is 1. The Bertz CT molecular complexity index is 967. The van der Waals surface area contributed by atoms with Crippen molar-refractivity contribution in [2.24, 2.45) is 5.92 Å². The van der Waals surface area contributed by atoms with Gasteiger partial charge >= 0.3 is 11.9 Å². The van der Waals surface area contributed by atoms with Gasteiger partial charge in [-0.1, -0.05) is 25.0 Å². The summed E-state index contributed by atoms with van der Waals surface area (Å²) in [5.41, 5.74) is 3.03. The first-order valence-electron chi connectivity index (χ1n) is 11.0. The van der Waals surface area contributed by atoms with Gasteiger partial charge in [-0.2, -0.15) is 5.26 Å². The molecule has 1 atom stereocenters. The number of hydrogen-bond acceptors (Lipinski definition) is 7. The van der Waals surface area contributed by atoms with E-state index in [1.54, 1.807) is 32.0 Å². The Morgan fingerprint density at radius 1 is 1.06 bits per heavy atom. The monoisotopic (exact) mass is 438 g/mol. The van der Waals surface area contributed by atoms with Crippen LogP contribution in [0.15, 0.2) is 46.8 Å². The maximum atomic E-state index is 13.3. The summed E-state index contributed by atoms with van der Waals surface area (Å²) in [6.45, 7) is 4.31. The third kappa shape index (κ3) is 5.38. The van der Waals surface area contributed by atoms with Gasteiger partial charge in [-0.05, 0) is 50.3 Å². The number of nitriles is 1. The number of ether oxygens (including phenoxy) is 3. The zero-order valence-electron chi connectivity index (χ0n) is 18.9. The second kappa shape index (κ2) is 11.0. The molecule has 0 bridgehead atoms. The van der Waals surface area contributed by atoms with E-state index in [1.165, 1.54) is 7.11 Å². The van der Waals surface area contributed by atoms with Crippen molar-refractivity contribution in [2.75, 3.05) is 26.9 Å². The van der Waals surface area contributed by atoms with Crippen LogP contribution in [0, 0.1) is 17.2 Å². The topological polar surface area (TPSA) is 97.7 Å². The number of carbonyl (C=O) groups excluding carboxylic acids is 2. The highest BCUT2D eigenvalue weighted by Crippen LogP contribution is 2.39. The molecule has 2 aliphatic rings. The molecule has 0 saturated heterocycles. The quantitative estimate of drug-likeness (QED) is 0.488. The van der Waals surface area contributed by atoms with Crippen LogP contribution in [0.3, 0.4) is 0 Å². The van der Waals surface area contributed by atoms with E-state index in [-0.39, 0.29) is 13.2 Å². The van der Waals surface area contributed by atoms with Gasteiger partial charge in [-0.3, -0.25) is 0 Å². The summed E-state index contributed by atoms with van der Waals surface area (Å²) in [7, 11) is 1.53. The Kier molecular flexibility index (Phi) is 8.07. The van der Waals surface area contributed by atoms with Gasteiger partial charge in [0.05, 0.1) is 41.9 Å². The highest BCUT2D eigenvalue weighted by Gasteiger charge is 2.38. The van der Waals surface area contributed by atoms with Crippen LogP contribution in [0.1, 0.15) is 56.6 Å². The molecule has 3 rings (SSSR count). The normalized spacial score (nSPS) is 18.9. The minimum Gasteiger partial charge on any atom is -0.462 e. The Labute approximate surface area is 189 Å². The van der Waals surface area contributed by atoms with Crippen LogP contribution in [0.4, 0.5) is 0 Å². The van der Waals surface area contributed by atoms with E-state index in [4.69, 9.17) is 14.2 Å². The predicted octanol–water partition coefficient (Wildman–Crippen LogP) is 3.72. The Morgan fingerprint density at radius 3 is 2.34 bits per heavy atom. The zero-order chi connectivity index (χ0) is 23.1. The van der Waals surface area contributed by atoms with Crippen molar-refractivity contribution in [3.8, 4) is 6.07 Å². The van der Waals surface area contributed by atoms with Crippen LogP contribution in [0.5, 0.6) is 0 Å². The Morgan fingerprint density at radius 2 is 1.72 bits per heavy atom. The summed E-state index contributed by atoms with van der Waals surface area (Å²) >= 11 is 0. The Balaban J connectivity index is 1.97. The molecule has 7 heteroatoms. The first-order valence-corrected chi connectivity index (χ1v) is 11.0. The summed E-state index contributed by atoms with van der Waals surface area (Å²) in [4.78, 5) is 26.3. The number of esters is 2. The molecular formula is C25H30N2O5. The molecule has 1 fully saturated rings. The molecule has 0 amide bonds. The molecule has 32 heavy (non-hydrogen) atoms. The molecule has 7 nitrogen and oxygen atoms in total. The van der Waals surface area contributed by atoms with E-state index in [2.05, 4.69) is 11.4 Å². The number of benzene rings is 1. The van der Waals surface area contributed by atoms with E-state index in [1.807, 2.05) is 6.07 Å². The molecular weight excluding hydrogens is 408 g/mol. The van der Waals surface area contributed by atoms with Gasteiger partial charge in [0.2, 0.25) is 0 Å². The van der Waals surface area contributed by atoms with Gasteiger partial charge < -0.3 is 19.5 Å². The SMILES string of the molecule is COCCOC(=O)C1=C(C)NC(C)=C(C(=O)OCC2CCCC2)C1c1cccc(C#N)c1. The minimum absolute atomic E-state index is 0.0984. The van der Waals surface area contributed by atoms with Gasteiger partial charge in [0, 0.05) is 18.5 Å². The summed E-state index contributed by atoms with van der Waals surface area (Å²) in [5, 5.41) is 12.5. The second-order valence-electron chi connectivity index (χ2n) is 8.25. The van der Waals surface area contributed by atoms with Gasteiger partial charge in [0.25, 0.3) is 0 Å². The lowest BCUT2D eigenvalue weighted by Crippen LogP contribution is -2.33. The van der Waals surface area contributed by atoms with E-state index in [0.717, 1.165) is 25.7 Å². The summed E-state index contributed by atoms with van der Waals surface area (Å²) < 4.78 is 16.1. The Hall–Kier alpha value is -3.11. The third-order valence-corrected chi connectivity index (χ3v) is 5.99. The van der Waals surface area contributed by atoms with Crippen LogP contribution in [-0.4, -0.2) is 38.9 Å². The fourth-order valence-electron chi connectivity index (χ4n) is 4.40. The van der Waals surface area contributed by atoms with Gasteiger partial charge in [0.1, 0.15) is 6.61 Å². The lowest BCUT2D eigenvalue weighted by Gasteiger charge is -2.30. The highest BCUT2D eigenvalue weighted by atomic mass is 16.6. The average molecular weight is 439 g/mol. The number of carbonyl (C=O) groups is 2. The number of nitrogens with zero attached hydrogens (tertiary/aromatic N) is 1. The largest absolute Gasteiger partial charge is 0.462 e. The molecule has 1 N–H and O–H groups in total. The van der Waals surface area contributed by atoms with E-state index in [9.17, 15) is 14.9 Å². The number of nitrogens with one attached hydrogen (secondary N) is 1. The molecule has 1 heterocycles. The summed E-state index contributed by atoms with van der Waals surface area (Å²) in [5.74, 6) is -1.31. The standard InChI is InChI=1S/C25H30N2O5/c1-16-21(24(28)31-12-11-30-3)23(20-10-6-9-19(13-20)14-26)22(17(2)27-16)25(29)32-15-18-7-4-5-8-18/h6,9-10,13,18,23,27H,4-5,7-8,11-12,15H2,1-3H3.